The summed E-state index contributed by atoms with van der Waals surface area (Å²) in [7, 11) is 0. The number of fused-ring (bicyclic) bond motifs is 4. The zero-order valence-electron chi connectivity index (χ0n) is 12.0. The van der Waals surface area contributed by atoms with Gasteiger partial charge in [0.15, 0.2) is 0 Å². The monoisotopic (exact) mass is 260 g/mol. The Balaban J connectivity index is 1.88. The lowest BCUT2D eigenvalue weighted by molar-refractivity contribution is 0.760. The van der Waals surface area contributed by atoms with Gasteiger partial charge in [-0.3, -0.25) is 0 Å². The fourth-order valence-electron chi connectivity index (χ4n) is 4.64. The van der Waals surface area contributed by atoms with E-state index in [1.54, 1.807) is 44.5 Å². The molecule has 0 saturated heterocycles. The van der Waals surface area contributed by atoms with Crippen LogP contribution in [0.1, 0.15) is 44.5 Å². The summed E-state index contributed by atoms with van der Waals surface area (Å²) < 4.78 is 0. The van der Waals surface area contributed by atoms with Gasteiger partial charge in [-0.15, -0.1) is 0 Å². The molecule has 0 nitrogen and oxygen atoms in total. The topological polar surface area (TPSA) is 0 Å². The maximum Gasteiger partial charge on any atom is -0.0233 e. The van der Waals surface area contributed by atoms with Crippen molar-refractivity contribution in [1.82, 2.24) is 0 Å². The van der Waals surface area contributed by atoms with E-state index in [2.05, 4.69) is 24.3 Å². The zero-order chi connectivity index (χ0) is 13.1. The lowest BCUT2D eigenvalue weighted by Gasteiger charge is -2.28. The van der Waals surface area contributed by atoms with Crippen LogP contribution >= 0.6 is 0 Å². The summed E-state index contributed by atoms with van der Waals surface area (Å²) in [5, 5.41) is 0. The van der Waals surface area contributed by atoms with Crippen molar-refractivity contribution in [1.29, 1.82) is 0 Å². The van der Waals surface area contributed by atoms with Crippen molar-refractivity contribution in [3.63, 3.8) is 0 Å². The average Bonchev–Trinajstić information content (AvgIpc) is 2.41. The number of benzene rings is 2. The van der Waals surface area contributed by atoms with Crippen molar-refractivity contribution in [2.24, 2.45) is 0 Å². The van der Waals surface area contributed by atoms with Gasteiger partial charge in [-0.2, -0.15) is 0 Å². The van der Waals surface area contributed by atoms with Crippen molar-refractivity contribution in [2.45, 2.75) is 51.4 Å². The number of hydrogen-bond acceptors (Lipinski definition) is 0. The van der Waals surface area contributed by atoms with Crippen LogP contribution in [0.2, 0.25) is 0 Å². The van der Waals surface area contributed by atoms with Crippen molar-refractivity contribution >= 4 is 0 Å². The first-order valence-corrected chi connectivity index (χ1v) is 8.14. The van der Waals surface area contributed by atoms with Gasteiger partial charge in [0.2, 0.25) is 0 Å². The lowest BCUT2D eigenvalue weighted by atomic mass is 9.77. The highest BCUT2D eigenvalue weighted by atomic mass is 14.3. The van der Waals surface area contributed by atoms with Crippen LogP contribution in [0.4, 0.5) is 0 Å². The van der Waals surface area contributed by atoms with Crippen molar-refractivity contribution in [3.05, 3.63) is 68.8 Å². The molecule has 0 N–H and O–H groups in total. The third-order valence-corrected chi connectivity index (χ3v) is 5.64. The van der Waals surface area contributed by atoms with Gasteiger partial charge < -0.3 is 0 Å². The summed E-state index contributed by atoms with van der Waals surface area (Å²) >= 11 is 0. The second-order valence-corrected chi connectivity index (χ2v) is 6.79. The quantitative estimate of drug-likeness (QED) is 0.676. The molecule has 2 aromatic carbocycles. The van der Waals surface area contributed by atoms with E-state index in [-0.39, 0.29) is 0 Å². The zero-order valence-corrected chi connectivity index (χ0v) is 12.0. The van der Waals surface area contributed by atoms with E-state index in [4.69, 9.17) is 0 Å². The first-order valence-electron chi connectivity index (χ1n) is 8.14. The highest BCUT2D eigenvalue weighted by Gasteiger charge is 2.22. The molecule has 0 aliphatic heterocycles. The van der Waals surface area contributed by atoms with Crippen LogP contribution in [0.15, 0.2) is 24.3 Å². The van der Waals surface area contributed by atoms with Crippen LogP contribution in [0.3, 0.4) is 0 Å². The van der Waals surface area contributed by atoms with Gasteiger partial charge in [0, 0.05) is 0 Å². The molecule has 4 aliphatic rings. The lowest BCUT2D eigenvalue weighted by Crippen LogP contribution is -2.17. The number of hydrogen-bond donors (Lipinski definition) is 0. The Hall–Kier alpha value is -1.56. The van der Waals surface area contributed by atoms with Crippen LogP contribution in [-0.2, 0) is 51.4 Å². The molecule has 2 aromatic rings. The Morgan fingerprint density at radius 2 is 0.750 bits per heavy atom. The standard InChI is InChI=1S/C20H20/c1-2-14-11-17-5-3-15-9-13(1)10-16-4-6-18(12-14)20(17)8-7-19(15)16/h9-12H,1-8H2. The summed E-state index contributed by atoms with van der Waals surface area (Å²) in [6.45, 7) is 0. The van der Waals surface area contributed by atoms with Gasteiger partial charge in [0.05, 0.1) is 0 Å². The van der Waals surface area contributed by atoms with Crippen LogP contribution < -0.4 is 0 Å². The predicted molar refractivity (Wildman–Crippen MR) is 82.5 cm³/mol. The summed E-state index contributed by atoms with van der Waals surface area (Å²) in [4.78, 5) is 0. The van der Waals surface area contributed by atoms with Crippen LogP contribution in [0.25, 0.3) is 0 Å². The molecule has 0 saturated carbocycles. The van der Waals surface area contributed by atoms with E-state index in [9.17, 15) is 0 Å². The number of aryl methyl sites for hydroxylation is 6. The molecule has 0 heterocycles. The van der Waals surface area contributed by atoms with Crippen LogP contribution in [-0.4, -0.2) is 0 Å². The first-order chi connectivity index (χ1) is 9.87. The fourth-order valence-corrected chi connectivity index (χ4v) is 4.64. The van der Waals surface area contributed by atoms with E-state index in [0.717, 1.165) is 0 Å². The number of rotatable bonds is 0. The van der Waals surface area contributed by atoms with E-state index in [1.807, 2.05) is 0 Å². The minimum absolute atomic E-state index is 1.22. The van der Waals surface area contributed by atoms with Crippen LogP contribution in [0, 0.1) is 0 Å². The molecule has 0 heteroatoms. The molecule has 0 aromatic heterocycles. The average molecular weight is 260 g/mol. The summed E-state index contributed by atoms with van der Waals surface area (Å²) in [6, 6.07) is 10.1. The highest BCUT2D eigenvalue weighted by molar-refractivity contribution is 5.49. The SMILES string of the molecule is c1c2cc3c4c1CCc1cc(cc(c1CC4)CC3)CC2. The van der Waals surface area contributed by atoms with Gasteiger partial charge >= 0.3 is 0 Å². The second kappa shape index (κ2) is 3.97. The van der Waals surface area contributed by atoms with Gasteiger partial charge in [-0.1, -0.05) is 24.3 Å². The molecule has 4 aliphatic carbocycles. The first kappa shape index (κ1) is 11.1. The maximum atomic E-state index is 2.53. The molecule has 0 atom stereocenters. The molecule has 100 valence electrons. The van der Waals surface area contributed by atoms with Gasteiger partial charge in [0.25, 0.3) is 0 Å². The summed E-state index contributed by atoms with van der Waals surface area (Å²) in [6.07, 6.45) is 10.0. The molecular weight excluding hydrogens is 240 g/mol. The molecule has 6 rings (SSSR count). The van der Waals surface area contributed by atoms with Gasteiger partial charge in [0.1, 0.15) is 0 Å². The Morgan fingerprint density at radius 1 is 0.400 bits per heavy atom. The maximum absolute atomic E-state index is 2.53. The second-order valence-electron chi connectivity index (χ2n) is 6.79. The van der Waals surface area contributed by atoms with Crippen molar-refractivity contribution in [2.75, 3.05) is 0 Å². The normalized spacial score (nSPS) is 18.4. The summed E-state index contributed by atoms with van der Waals surface area (Å²) in [5.74, 6) is 0. The van der Waals surface area contributed by atoms with E-state index in [1.165, 1.54) is 51.4 Å². The molecule has 0 radical (unpaired) electrons. The van der Waals surface area contributed by atoms with Crippen LogP contribution in [0.5, 0.6) is 0 Å². The van der Waals surface area contributed by atoms with Crippen molar-refractivity contribution in [3.8, 4) is 0 Å². The summed E-state index contributed by atoms with van der Waals surface area (Å²) in [5.41, 5.74) is 13.2. The minimum Gasteiger partial charge on any atom is -0.0555 e. The van der Waals surface area contributed by atoms with Crippen molar-refractivity contribution < 1.29 is 0 Å². The Bertz CT molecular complexity index is 607. The Kier molecular flexibility index (Phi) is 2.21. The predicted octanol–water partition coefficient (Wildman–Crippen LogP) is 3.77. The van der Waals surface area contributed by atoms with E-state index >= 15 is 0 Å². The van der Waals surface area contributed by atoms with Gasteiger partial charge in [-0.25, -0.2) is 0 Å². The molecule has 0 fully saturated rings. The third-order valence-electron chi connectivity index (χ3n) is 5.64. The smallest absolute Gasteiger partial charge is 0.0233 e. The highest BCUT2D eigenvalue weighted by Crippen LogP contribution is 2.33. The molecule has 0 unspecified atom stereocenters. The molecule has 0 amide bonds. The fraction of sp³-hybridized carbons (Fsp3) is 0.400. The van der Waals surface area contributed by atoms with Gasteiger partial charge in [-0.05, 0) is 95.9 Å². The van der Waals surface area contributed by atoms with E-state index < -0.39 is 0 Å². The molecule has 0 spiro atoms. The minimum atomic E-state index is 1.22. The Morgan fingerprint density at radius 3 is 1.10 bits per heavy atom. The largest absolute Gasteiger partial charge is 0.0555 e. The van der Waals surface area contributed by atoms with E-state index in [0.29, 0.717) is 0 Å². The Labute approximate surface area is 120 Å². The molecule has 8 bridgehead atoms. The molecular formula is C20H20. The third kappa shape index (κ3) is 1.54. The molecule has 20 heavy (non-hydrogen) atoms.